The molecule has 25 nitrogen and oxygen atoms in total. The van der Waals surface area contributed by atoms with E-state index in [9.17, 15) is 4.79 Å². The molecule has 0 aliphatic carbocycles. The highest BCUT2D eigenvalue weighted by molar-refractivity contribution is 5.73. The Morgan fingerprint density at radius 1 is 0.398 bits per heavy atom. The molecule has 1 amide bonds. The van der Waals surface area contributed by atoms with Crippen LogP contribution in [0.15, 0.2) is 30.3 Å². The van der Waals surface area contributed by atoms with E-state index >= 15 is 0 Å². The molecule has 25 heteroatoms. The highest BCUT2D eigenvalue weighted by atomic mass is 16.3. The van der Waals surface area contributed by atoms with Crippen molar-refractivity contribution in [1.29, 1.82) is 0 Å². The molecule has 1 fully saturated rings. The number of rotatable bonds is 6. The summed E-state index contributed by atoms with van der Waals surface area (Å²) in [5.74, 6) is 4.55. The van der Waals surface area contributed by atoms with Crippen molar-refractivity contribution in [2.45, 2.75) is 223 Å². The number of carbonyl (C=O) groups excluding carboxylic acids is 12. The Morgan fingerprint density at radius 2 is 0.545 bits per heavy atom. The number of unbranched alkanes of at least 4 members (excludes halogenated alkanes) is 1. The van der Waals surface area contributed by atoms with Crippen LogP contribution in [0.4, 0.5) is 0 Å². The number of piperidine rings is 1. The van der Waals surface area contributed by atoms with E-state index in [1.807, 2.05) is 107 Å². The molecule has 0 unspecified atom stereocenters. The minimum absolute atomic E-state index is 0. The first-order chi connectivity index (χ1) is 39.2. The number of carbonyl (C=O) groups is 12. The van der Waals surface area contributed by atoms with Gasteiger partial charge in [0.05, 0.1) is 0 Å². The number of aliphatic hydroxyl groups is 1. The minimum atomic E-state index is -0.167. The van der Waals surface area contributed by atoms with Gasteiger partial charge in [0.1, 0.15) is 74.7 Å². The monoisotopic (exact) mass is 1300 g/mol. The summed E-state index contributed by atoms with van der Waals surface area (Å²) in [5, 5.41) is 8.06. The fourth-order valence-electron chi connectivity index (χ4n) is 2.23. The fourth-order valence-corrected chi connectivity index (χ4v) is 2.23. The van der Waals surface area contributed by atoms with Crippen LogP contribution < -0.4 is 65.6 Å². The van der Waals surface area contributed by atoms with Crippen LogP contribution in [0.25, 0.3) is 0 Å². The van der Waals surface area contributed by atoms with Crippen LogP contribution in [0.3, 0.4) is 0 Å². The summed E-state index contributed by atoms with van der Waals surface area (Å²) < 4.78 is 0. The van der Waals surface area contributed by atoms with Gasteiger partial charge in [-0.25, -0.2) is 0 Å². The predicted octanol–water partition coefficient (Wildman–Crippen LogP) is 12.8. The molecule has 558 valence electrons. The molecule has 1 aliphatic rings. The highest BCUT2D eigenvalue weighted by Gasteiger charge is 2.11. The Morgan fingerprint density at radius 3 is 0.648 bits per heavy atom. The van der Waals surface area contributed by atoms with Crippen molar-refractivity contribution in [3.63, 3.8) is 0 Å². The van der Waals surface area contributed by atoms with Crippen molar-refractivity contribution in [2.75, 3.05) is 48.3 Å². The summed E-state index contributed by atoms with van der Waals surface area (Å²) in [6.45, 7) is 72.2. The SMILES string of the molecule is C=O.C=O.C=O.C=O.C=O.C=O.C=O.C=O.C=O.C=O.C=O.CC.CC.CC(=O)N1CCCCC1.CC(C)C.CC(C)C.CC(C)O.CCC(C)C.CCC(C)C.CCC(C)C.CCCCc1ccccc1.CN.CN.CN.CN.CN.N.N.N.N.N.N. The summed E-state index contributed by atoms with van der Waals surface area (Å²) in [7, 11) is 7.50. The molecule has 2 rings (SSSR count). The van der Waals surface area contributed by atoms with Gasteiger partial charge in [-0.15, -0.1) is 0 Å². The van der Waals surface area contributed by atoms with Gasteiger partial charge in [-0.1, -0.05) is 194 Å². The summed E-state index contributed by atoms with van der Waals surface area (Å²) in [6, 6.07) is 10.6. The van der Waals surface area contributed by atoms with Gasteiger partial charge in [-0.3, -0.25) is 4.79 Å². The van der Waals surface area contributed by atoms with Crippen molar-refractivity contribution >= 4 is 80.6 Å². The quantitative estimate of drug-likeness (QED) is 0.126. The van der Waals surface area contributed by atoms with Gasteiger partial charge >= 0.3 is 0 Å². The molecule has 1 aliphatic heterocycles. The van der Waals surface area contributed by atoms with Crippen LogP contribution in [0.2, 0.25) is 0 Å². The zero-order chi connectivity index (χ0) is 73.5. The minimum Gasteiger partial charge on any atom is -0.394 e. The lowest BCUT2D eigenvalue weighted by molar-refractivity contribution is -0.129. The molecule has 0 bridgehead atoms. The molecule has 1 aromatic rings. The van der Waals surface area contributed by atoms with Crippen LogP contribution in [0.5, 0.6) is 0 Å². The lowest BCUT2D eigenvalue weighted by Gasteiger charge is -2.24. The number of hydrogen-bond acceptors (Lipinski definition) is 24. The van der Waals surface area contributed by atoms with E-state index < -0.39 is 0 Å². The lowest BCUT2D eigenvalue weighted by Crippen LogP contribution is -2.33. The first-order valence-electron chi connectivity index (χ1n) is 27.3. The van der Waals surface area contributed by atoms with Gasteiger partial charge in [-0.05, 0) is 116 Å². The van der Waals surface area contributed by atoms with Crippen molar-refractivity contribution in [3.8, 4) is 0 Å². The third-order valence-electron chi connectivity index (χ3n) is 5.91. The summed E-state index contributed by atoms with van der Waals surface area (Å²) in [4.78, 5) is 101. The molecule has 0 radical (unpaired) electrons. The fraction of sp³-hybridized carbons (Fsp3) is 0.714. The van der Waals surface area contributed by atoms with Crippen LogP contribution >= 0.6 is 0 Å². The second kappa shape index (κ2) is 375. The smallest absolute Gasteiger partial charge is 0.219 e. The molecule has 0 spiro atoms. The molecule has 1 saturated heterocycles. The lowest BCUT2D eigenvalue weighted by atomic mass is 10.1. The molecule has 0 aromatic heterocycles. The van der Waals surface area contributed by atoms with Crippen molar-refractivity contribution in [3.05, 3.63) is 35.9 Å². The van der Waals surface area contributed by atoms with Crippen molar-refractivity contribution in [1.82, 2.24) is 41.8 Å². The Bertz CT molecular complexity index is 795. The molecular weight excluding hydrogens is 1130 g/mol. The number of benzene rings is 1. The number of hydrogen-bond donors (Lipinski definition) is 12. The van der Waals surface area contributed by atoms with Gasteiger partial charge in [0.25, 0.3) is 0 Å². The average molecular weight is 1300 g/mol. The third kappa shape index (κ3) is 845. The number of aryl methyl sites for hydroxylation is 1. The number of likely N-dealkylation sites (tertiary alicyclic amines) is 1. The van der Waals surface area contributed by atoms with E-state index in [0.717, 1.165) is 42.7 Å². The van der Waals surface area contributed by atoms with E-state index in [-0.39, 0.29) is 48.9 Å². The summed E-state index contributed by atoms with van der Waals surface area (Å²) in [6.07, 6.45) is 11.3. The Balaban J connectivity index is -0.0000000146. The maximum absolute atomic E-state index is 10.7. The largest absolute Gasteiger partial charge is 0.394 e. The number of amides is 1. The second-order valence-corrected chi connectivity index (χ2v) is 15.1. The molecule has 29 N–H and O–H groups in total. The van der Waals surface area contributed by atoms with Crippen LogP contribution in [0, 0.1) is 29.6 Å². The van der Waals surface area contributed by atoms with E-state index in [4.69, 9.17) is 57.8 Å². The Hall–Kier alpha value is -5.42. The standard InChI is InChI=1S/C10H14.C7H13NO.3C5H12.2C4H10.C3H8O.2C2H6.5CH5N.11CH2O.6H3N/c1-2-3-7-10-8-5-4-6-9-10;1-7(9)8-5-3-2-4-6-8;3*1-4-5(2)3;2*1-4(2)3;1-3(2)4;18*1-2;;;;;;/h4-6,8-9H,2-3,7H2,1H3;2-6H2,1H3;3*5H,4H2,1-3H3;2*4H,1-3H3;3-4H,1-2H3;2*1-2H3;5*2H2,1H3;11*1H2;6*1H3. The van der Waals surface area contributed by atoms with Gasteiger partial charge in [0.2, 0.25) is 5.91 Å². The van der Waals surface area contributed by atoms with Crippen LogP contribution in [-0.4, -0.2) is 145 Å². The van der Waals surface area contributed by atoms with Crippen molar-refractivity contribution in [2.24, 2.45) is 58.3 Å². The normalized spacial score (nSPS) is 6.98. The maximum Gasteiger partial charge on any atom is 0.219 e. The van der Waals surface area contributed by atoms with E-state index in [1.165, 1.54) is 98.6 Å². The molecule has 88 heavy (non-hydrogen) atoms. The van der Waals surface area contributed by atoms with Gasteiger partial charge in [0.15, 0.2) is 0 Å². The zero-order valence-electron chi connectivity index (χ0n) is 63.8. The van der Waals surface area contributed by atoms with Gasteiger partial charge in [0, 0.05) is 26.1 Å². The van der Waals surface area contributed by atoms with E-state index in [0.29, 0.717) is 0 Å². The van der Waals surface area contributed by atoms with Crippen molar-refractivity contribution < 1.29 is 62.6 Å². The Kier molecular flexibility index (Phi) is 847. The second-order valence-electron chi connectivity index (χ2n) is 15.1. The van der Waals surface area contributed by atoms with Crippen LogP contribution in [-0.2, 0) is 64.0 Å². The van der Waals surface area contributed by atoms with E-state index in [2.05, 4.69) is 170 Å². The highest BCUT2D eigenvalue weighted by Crippen LogP contribution is 2.07. The van der Waals surface area contributed by atoms with Crippen LogP contribution in [0.1, 0.15) is 216 Å². The summed E-state index contributed by atoms with van der Waals surface area (Å²) >= 11 is 0. The van der Waals surface area contributed by atoms with Gasteiger partial charge in [-0.2, -0.15) is 0 Å². The van der Waals surface area contributed by atoms with Gasteiger partial charge < -0.3 is 128 Å². The molecule has 1 aromatic carbocycles. The number of nitrogens with zero attached hydrogens (tertiary/aromatic N) is 1. The summed E-state index contributed by atoms with van der Waals surface area (Å²) in [5.41, 5.74) is 24.0. The van der Waals surface area contributed by atoms with E-state index in [1.54, 1.807) is 20.8 Å². The topological polar surface area (TPSA) is 568 Å². The third-order valence-corrected chi connectivity index (χ3v) is 5.91. The zero-order valence-corrected chi connectivity index (χ0v) is 63.8. The molecule has 0 atom stereocenters. The molecule has 0 saturated carbocycles. The number of aliphatic hydroxyl groups excluding tert-OH is 1. The predicted molar refractivity (Wildman–Crippen MR) is 397 cm³/mol. The number of nitrogens with two attached hydrogens (primary N) is 5. The molecule has 1 heterocycles. The molecular formula is C63H168N12O13. The first kappa shape index (κ1) is 199. The maximum atomic E-state index is 10.7. The average Bonchev–Trinajstić information content (AvgIpc) is 3.56. The Labute approximate surface area is 548 Å². The first-order valence-corrected chi connectivity index (χ1v) is 27.3.